The molecule has 0 aliphatic rings. The van der Waals surface area contributed by atoms with Crippen molar-refractivity contribution in [2.24, 2.45) is 0 Å². The van der Waals surface area contributed by atoms with Crippen LogP contribution in [0.2, 0.25) is 0 Å². The molecule has 0 unspecified atom stereocenters. The van der Waals surface area contributed by atoms with Crippen molar-refractivity contribution in [2.45, 2.75) is 65.7 Å². The number of aryl methyl sites for hydroxylation is 1. The normalized spacial score (nSPS) is 12.9. The van der Waals surface area contributed by atoms with E-state index in [0.717, 1.165) is 40.0 Å². The number of aromatic nitrogens is 5. The maximum absolute atomic E-state index is 13.1. The summed E-state index contributed by atoms with van der Waals surface area (Å²) in [7, 11) is 1.66. The van der Waals surface area contributed by atoms with E-state index in [4.69, 9.17) is 4.74 Å². The van der Waals surface area contributed by atoms with Gasteiger partial charge in [-0.05, 0) is 85.8 Å². The van der Waals surface area contributed by atoms with Crippen LogP contribution in [0.5, 0.6) is 5.75 Å². The first-order chi connectivity index (χ1) is 16.7. The number of pyridine rings is 1. The summed E-state index contributed by atoms with van der Waals surface area (Å²) in [5.74, 6) is 1.60. The molecule has 0 aliphatic heterocycles. The molecule has 0 bridgehead atoms. The highest BCUT2D eigenvalue weighted by Crippen LogP contribution is 2.29. The molecule has 0 saturated carbocycles. The molecule has 0 aliphatic carbocycles. The Bertz CT molecular complexity index is 1350. The van der Waals surface area contributed by atoms with Crippen molar-refractivity contribution >= 4 is 10.9 Å². The first kappa shape index (κ1) is 24.6. The fourth-order valence-corrected chi connectivity index (χ4v) is 4.43. The van der Waals surface area contributed by atoms with Crippen LogP contribution in [0.15, 0.2) is 53.3 Å². The van der Waals surface area contributed by atoms with Gasteiger partial charge in [0.25, 0.3) is 5.56 Å². The van der Waals surface area contributed by atoms with Gasteiger partial charge in [0.05, 0.1) is 18.7 Å². The highest BCUT2D eigenvalue weighted by molar-refractivity contribution is 5.79. The second kappa shape index (κ2) is 10.00. The molecule has 0 spiro atoms. The van der Waals surface area contributed by atoms with Crippen molar-refractivity contribution in [3.63, 3.8) is 0 Å². The molecule has 1 atom stereocenters. The van der Waals surface area contributed by atoms with Gasteiger partial charge in [0, 0.05) is 24.2 Å². The average molecular weight is 475 g/mol. The number of hydrogen-bond donors (Lipinski definition) is 1. The fraction of sp³-hybridized carbons (Fsp3) is 0.407. The summed E-state index contributed by atoms with van der Waals surface area (Å²) in [6.07, 6.45) is 0.789. The Hall–Kier alpha value is -3.52. The lowest BCUT2D eigenvalue weighted by Crippen LogP contribution is -2.35. The van der Waals surface area contributed by atoms with Gasteiger partial charge in [-0.3, -0.25) is 9.69 Å². The number of rotatable bonds is 8. The molecule has 184 valence electrons. The van der Waals surface area contributed by atoms with E-state index in [-0.39, 0.29) is 17.1 Å². The third kappa shape index (κ3) is 5.43. The number of benzene rings is 2. The summed E-state index contributed by atoms with van der Waals surface area (Å²) < 4.78 is 7.21. The highest BCUT2D eigenvalue weighted by atomic mass is 16.5. The molecular formula is C27H34N6O2. The van der Waals surface area contributed by atoms with Crippen molar-refractivity contribution in [3.8, 4) is 5.75 Å². The number of aromatic amines is 1. The zero-order chi connectivity index (χ0) is 25.2. The van der Waals surface area contributed by atoms with Crippen LogP contribution in [0.4, 0.5) is 0 Å². The van der Waals surface area contributed by atoms with E-state index in [1.807, 2.05) is 35.0 Å². The number of nitrogens with one attached hydrogen (secondary N) is 1. The van der Waals surface area contributed by atoms with Gasteiger partial charge >= 0.3 is 0 Å². The molecule has 4 rings (SSSR count). The van der Waals surface area contributed by atoms with Crippen LogP contribution in [0.1, 0.15) is 62.7 Å². The van der Waals surface area contributed by atoms with E-state index in [2.05, 4.69) is 78.2 Å². The Kier molecular flexibility index (Phi) is 7.03. The second-order valence-corrected chi connectivity index (χ2v) is 10.0. The van der Waals surface area contributed by atoms with Crippen molar-refractivity contribution in [1.29, 1.82) is 0 Å². The molecule has 0 saturated heterocycles. The summed E-state index contributed by atoms with van der Waals surface area (Å²) in [4.78, 5) is 18.4. The zero-order valence-corrected chi connectivity index (χ0v) is 21.4. The van der Waals surface area contributed by atoms with Gasteiger partial charge in [-0.2, -0.15) is 0 Å². The summed E-state index contributed by atoms with van der Waals surface area (Å²) in [5, 5.41) is 13.7. The molecule has 0 amide bonds. The Morgan fingerprint density at radius 2 is 1.83 bits per heavy atom. The Morgan fingerprint density at radius 3 is 2.49 bits per heavy atom. The minimum absolute atomic E-state index is 0.0775. The quantitative estimate of drug-likeness (QED) is 0.397. The van der Waals surface area contributed by atoms with Gasteiger partial charge < -0.3 is 9.72 Å². The number of tetrazole rings is 1. The predicted molar refractivity (Wildman–Crippen MR) is 137 cm³/mol. The van der Waals surface area contributed by atoms with E-state index in [1.54, 1.807) is 7.11 Å². The predicted octanol–water partition coefficient (Wildman–Crippen LogP) is 4.74. The summed E-state index contributed by atoms with van der Waals surface area (Å²) in [6, 6.07) is 16.0. The van der Waals surface area contributed by atoms with Crippen LogP contribution in [0.25, 0.3) is 10.9 Å². The van der Waals surface area contributed by atoms with Crippen molar-refractivity contribution in [1.82, 2.24) is 30.1 Å². The lowest BCUT2D eigenvalue weighted by molar-refractivity contribution is 0.153. The monoisotopic (exact) mass is 474 g/mol. The number of methoxy groups -OCH3 is 1. The maximum Gasteiger partial charge on any atom is 0.252 e. The van der Waals surface area contributed by atoms with Gasteiger partial charge in [-0.1, -0.05) is 30.7 Å². The van der Waals surface area contributed by atoms with Gasteiger partial charge in [0.2, 0.25) is 0 Å². The molecule has 2 heterocycles. The first-order valence-electron chi connectivity index (χ1n) is 12.0. The average Bonchev–Trinajstić information content (AvgIpc) is 3.31. The second-order valence-electron chi connectivity index (χ2n) is 10.0. The molecule has 2 aromatic heterocycles. The summed E-state index contributed by atoms with van der Waals surface area (Å²) in [6.45, 7) is 11.5. The van der Waals surface area contributed by atoms with Crippen LogP contribution >= 0.6 is 0 Å². The van der Waals surface area contributed by atoms with E-state index >= 15 is 0 Å². The maximum atomic E-state index is 13.1. The largest absolute Gasteiger partial charge is 0.497 e. The van der Waals surface area contributed by atoms with Crippen LogP contribution in [-0.4, -0.2) is 37.2 Å². The van der Waals surface area contributed by atoms with Crippen LogP contribution in [0.3, 0.4) is 0 Å². The molecule has 8 heteroatoms. The summed E-state index contributed by atoms with van der Waals surface area (Å²) in [5.41, 5.74) is 3.48. The zero-order valence-electron chi connectivity index (χ0n) is 21.4. The fourth-order valence-electron chi connectivity index (χ4n) is 4.43. The van der Waals surface area contributed by atoms with Crippen molar-refractivity contribution in [2.75, 3.05) is 7.11 Å². The van der Waals surface area contributed by atoms with Gasteiger partial charge in [-0.15, -0.1) is 5.10 Å². The van der Waals surface area contributed by atoms with E-state index in [0.29, 0.717) is 18.7 Å². The highest BCUT2D eigenvalue weighted by Gasteiger charge is 2.29. The number of ether oxygens (including phenoxy) is 1. The molecule has 2 aromatic carbocycles. The number of H-pyrrole nitrogens is 1. The number of nitrogens with zero attached hydrogens (tertiary/aromatic N) is 5. The molecule has 8 nitrogen and oxygen atoms in total. The smallest absolute Gasteiger partial charge is 0.252 e. The Balaban J connectivity index is 1.76. The van der Waals surface area contributed by atoms with Gasteiger partial charge in [0.1, 0.15) is 5.75 Å². The minimum Gasteiger partial charge on any atom is -0.497 e. The van der Waals surface area contributed by atoms with Crippen molar-refractivity contribution in [3.05, 3.63) is 81.4 Å². The molecule has 4 aromatic rings. The first-order valence-corrected chi connectivity index (χ1v) is 12.0. The molecule has 1 N–H and O–H groups in total. The van der Waals surface area contributed by atoms with Crippen molar-refractivity contribution < 1.29 is 4.74 Å². The Labute approximate surface area is 205 Å². The molecule has 0 fully saturated rings. The number of fused-ring (bicyclic) bond motifs is 1. The van der Waals surface area contributed by atoms with Crippen LogP contribution in [-0.2, 0) is 18.6 Å². The van der Waals surface area contributed by atoms with E-state index < -0.39 is 0 Å². The number of hydrogen-bond acceptors (Lipinski definition) is 6. The van der Waals surface area contributed by atoms with Crippen LogP contribution in [0, 0.1) is 6.92 Å². The third-order valence-electron chi connectivity index (χ3n) is 6.25. The molecular weight excluding hydrogens is 440 g/mol. The minimum atomic E-state index is -0.268. The van der Waals surface area contributed by atoms with Gasteiger partial charge in [0.15, 0.2) is 5.82 Å². The third-order valence-corrected chi connectivity index (χ3v) is 6.25. The van der Waals surface area contributed by atoms with Gasteiger partial charge in [-0.25, -0.2) is 4.68 Å². The standard InChI is InChI=1S/C27H34N6O2/c1-7-24(25-29-30-31-33(25)27(3,4)5)32(16-19-9-11-22(35-6)12-10-19)17-21-15-20-14-18(2)8-13-23(20)28-26(21)34/h8-15,24H,7,16-17H2,1-6H3,(H,28,34)/t24-/m1/s1. The van der Waals surface area contributed by atoms with E-state index in [1.165, 1.54) is 0 Å². The Morgan fingerprint density at radius 1 is 1.09 bits per heavy atom. The SMILES string of the molecule is CC[C@H](c1nnnn1C(C)(C)C)N(Cc1ccc(OC)cc1)Cc1cc2cc(C)ccc2[nH]c1=O. The van der Waals surface area contributed by atoms with E-state index in [9.17, 15) is 4.79 Å². The molecule has 35 heavy (non-hydrogen) atoms. The lowest BCUT2D eigenvalue weighted by atomic mass is 10.0. The molecule has 0 radical (unpaired) electrons. The summed E-state index contributed by atoms with van der Waals surface area (Å²) >= 11 is 0. The topological polar surface area (TPSA) is 88.9 Å². The lowest BCUT2D eigenvalue weighted by Gasteiger charge is -2.32. The van der Waals surface area contributed by atoms with Crippen LogP contribution < -0.4 is 10.3 Å².